The maximum atomic E-state index is 12.4. The molecular weight excluding hydrogens is 263 g/mol. The van der Waals surface area contributed by atoms with Crippen molar-refractivity contribution >= 4 is 0 Å². The lowest BCUT2D eigenvalue weighted by molar-refractivity contribution is -0.140. The number of alkyl halides is 3. The Labute approximate surface area is 122 Å². The van der Waals surface area contributed by atoms with Gasteiger partial charge in [0.05, 0.1) is 6.42 Å². The van der Waals surface area contributed by atoms with Crippen molar-refractivity contribution in [2.75, 3.05) is 6.54 Å². The molecule has 0 amide bonds. The molecular formula is C16H32F3N. The molecule has 0 rings (SSSR count). The van der Waals surface area contributed by atoms with Crippen molar-refractivity contribution in [3.63, 3.8) is 0 Å². The fourth-order valence-electron chi connectivity index (χ4n) is 2.43. The largest absolute Gasteiger partial charge is 0.390 e. The molecule has 0 aliphatic rings. The molecule has 0 bridgehead atoms. The minimum atomic E-state index is -4.05. The van der Waals surface area contributed by atoms with Gasteiger partial charge in [0.2, 0.25) is 0 Å². The Balaban J connectivity index is 3.63. The molecule has 1 unspecified atom stereocenters. The summed E-state index contributed by atoms with van der Waals surface area (Å²) in [7, 11) is 0. The van der Waals surface area contributed by atoms with Gasteiger partial charge in [-0.15, -0.1) is 0 Å². The molecule has 0 aromatic carbocycles. The lowest BCUT2D eigenvalue weighted by Gasteiger charge is -2.20. The fourth-order valence-corrected chi connectivity index (χ4v) is 2.43. The van der Waals surface area contributed by atoms with Gasteiger partial charge < -0.3 is 5.32 Å². The quantitative estimate of drug-likeness (QED) is 0.421. The standard InChI is InChI=1S/C16H32F3N/c1-3-5-6-7-8-9-10-11-12-15(20-13-4-2)14-16(17,18)19/h15,20H,3-14H2,1-2H3. The summed E-state index contributed by atoms with van der Waals surface area (Å²) in [6, 6.07) is -0.393. The maximum absolute atomic E-state index is 12.4. The van der Waals surface area contributed by atoms with Gasteiger partial charge in [-0.2, -0.15) is 13.2 Å². The fraction of sp³-hybridized carbons (Fsp3) is 1.00. The van der Waals surface area contributed by atoms with Crippen molar-refractivity contribution in [2.45, 2.75) is 96.7 Å². The molecule has 1 N–H and O–H groups in total. The highest BCUT2D eigenvalue weighted by molar-refractivity contribution is 4.71. The second kappa shape index (κ2) is 12.5. The average Bonchev–Trinajstić information content (AvgIpc) is 2.37. The van der Waals surface area contributed by atoms with E-state index in [1.807, 2.05) is 6.92 Å². The van der Waals surface area contributed by atoms with Gasteiger partial charge in [0.1, 0.15) is 0 Å². The second-order valence-corrected chi connectivity index (χ2v) is 5.73. The Kier molecular flexibility index (Phi) is 12.3. The van der Waals surface area contributed by atoms with Crippen LogP contribution < -0.4 is 5.32 Å². The molecule has 0 heterocycles. The highest BCUT2D eigenvalue weighted by atomic mass is 19.4. The van der Waals surface area contributed by atoms with Gasteiger partial charge in [-0.25, -0.2) is 0 Å². The number of halogens is 3. The molecule has 122 valence electrons. The number of hydrogen-bond donors (Lipinski definition) is 1. The van der Waals surface area contributed by atoms with Crippen molar-refractivity contribution in [3.8, 4) is 0 Å². The minimum Gasteiger partial charge on any atom is -0.314 e. The Morgan fingerprint density at radius 2 is 1.35 bits per heavy atom. The summed E-state index contributed by atoms with van der Waals surface area (Å²) in [5.41, 5.74) is 0. The molecule has 0 spiro atoms. The Morgan fingerprint density at radius 1 is 0.800 bits per heavy atom. The normalized spacial score (nSPS) is 13.7. The van der Waals surface area contributed by atoms with Crippen molar-refractivity contribution < 1.29 is 13.2 Å². The van der Waals surface area contributed by atoms with Gasteiger partial charge in [0.25, 0.3) is 0 Å². The van der Waals surface area contributed by atoms with E-state index >= 15 is 0 Å². The summed E-state index contributed by atoms with van der Waals surface area (Å²) < 4.78 is 37.3. The van der Waals surface area contributed by atoms with E-state index in [-0.39, 0.29) is 0 Å². The molecule has 0 radical (unpaired) electrons. The predicted molar refractivity (Wildman–Crippen MR) is 80.0 cm³/mol. The molecule has 0 aromatic heterocycles. The topological polar surface area (TPSA) is 12.0 Å². The van der Waals surface area contributed by atoms with E-state index in [9.17, 15) is 13.2 Å². The first-order chi connectivity index (χ1) is 9.49. The zero-order valence-corrected chi connectivity index (χ0v) is 13.2. The molecule has 0 aromatic rings. The summed E-state index contributed by atoms with van der Waals surface area (Å²) in [5.74, 6) is 0. The van der Waals surface area contributed by atoms with Crippen molar-refractivity contribution in [2.24, 2.45) is 0 Å². The molecule has 0 saturated heterocycles. The number of unbranched alkanes of at least 4 members (excludes halogenated alkanes) is 7. The Bertz CT molecular complexity index is 204. The third kappa shape index (κ3) is 14.2. The molecule has 1 atom stereocenters. The van der Waals surface area contributed by atoms with Gasteiger partial charge in [-0.1, -0.05) is 65.2 Å². The smallest absolute Gasteiger partial charge is 0.314 e. The van der Waals surface area contributed by atoms with Gasteiger partial charge in [-0.3, -0.25) is 0 Å². The monoisotopic (exact) mass is 295 g/mol. The zero-order valence-electron chi connectivity index (χ0n) is 13.2. The van der Waals surface area contributed by atoms with Crippen molar-refractivity contribution in [1.82, 2.24) is 5.32 Å². The number of rotatable bonds is 13. The highest BCUT2D eigenvalue weighted by Crippen LogP contribution is 2.24. The van der Waals surface area contributed by atoms with Crippen LogP contribution in [0.5, 0.6) is 0 Å². The lowest BCUT2D eigenvalue weighted by Crippen LogP contribution is -2.34. The molecule has 0 aliphatic carbocycles. The SMILES string of the molecule is CCCCCCCCCCC(CC(F)(F)F)NCCC. The first kappa shape index (κ1) is 19.8. The molecule has 20 heavy (non-hydrogen) atoms. The van der Waals surface area contributed by atoms with Crippen LogP contribution in [0.4, 0.5) is 13.2 Å². The van der Waals surface area contributed by atoms with Crippen LogP contribution in [-0.2, 0) is 0 Å². The lowest BCUT2D eigenvalue weighted by atomic mass is 10.0. The zero-order chi connectivity index (χ0) is 15.3. The number of hydrogen-bond acceptors (Lipinski definition) is 1. The van der Waals surface area contributed by atoms with Crippen LogP contribution in [0.2, 0.25) is 0 Å². The molecule has 4 heteroatoms. The van der Waals surface area contributed by atoms with Gasteiger partial charge >= 0.3 is 6.18 Å². The Morgan fingerprint density at radius 3 is 1.85 bits per heavy atom. The van der Waals surface area contributed by atoms with E-state index in [1.165, 1.54) is 32.1 Å². The van der Waals surface area contributed by atoms with Crippen LogP contribution >= 0.6 is 0 Å². The van der Waals surface area contributed by atoms with Gasteiger partial charge in [0, 0.05) is 6.04 Å². The molecule has 0 fully saturated rings. The molecule has 0 aliphatic heterocycles. The third-order valence-corrected chi connectivity index (χ3v) is 3.57. The maximum Gasteiger partial charge on any atom is 0.390 e. The van der Waals surface area contributed by atoms with Crippen molar-refractivity contribution in [1.29, 1.82) is 0 Å². The summed E-state index contributed by atoms with van der Waals surface area (Å²) in [6.45, 7) is 4.86. The molecule has 0 saturated carbocycles. The van der Waals surface area contributed by atoms with Gasteiger partial charge in [0.15, 0.2) is 0 Å². The van der Waals surface area contributed by atoms with Crippen LogP contribution in [0, 0.1) is 0 Å². The first-order valence-electron chi connectivity index (χ1n) is 8.29. The van der Waals surface area contributed by atoms with Gasteiger partial charge in [-0.05, 0) is 19.4 Å². The van der Waals surface area contributed by atoms with Crippen molar-refractivity contribution in [3.05, 3.63) is 0 Å². The van der Waals surface area contributed by atoms with E-state index in [2.05, 4.69) is 12.2 Å². The summed E-state index contributed by atoms with van der Waals surface area (Å²) >= 11 is 0. The minimum absolute atomic E-state index is 0.393. The van der Waals surface area contributed by atoms with E-state index < -0.39 is 18.6 Å². The van der Waals surface area contributed by atoms with Crippen LogP contribution in [-0.4, -0.2) is 18.8 Å². The average molecular weight is 295 g/mol. The summed E-state index contributed by atoms with van der Waals surface area (Å²) in [6.07, 6.45) is 6.27. The summed E-state index contributed by atoms with van der Waals surface area (Å²) in [4.78, 5) is 0. The van der Waals surface area contributed by atoms with E-state index in [0.717, 1.165) is 25.7 Å². The molecule has 1 nitrogen and oxygen atoms in total. The first-order valence-corrected chi connectivity index (χ1v) is 8.29. The van der Waals surface area contributed by atoms with Crippen LogP contribution in [0.15, 0.2) is 0 Å². The predicted octanol–water partition coefficient (Wildman–Crippen LogP) is 5.84. The highest BCUT2D eigenvalue weighted by Gasteiger charge is 2.31. The van der Waals surface area contributed by atoms with Crippen LogP contribution in [0.25, 0.3) is 0 Å². The van der Waals surface area contributed by atoms with E-state index in [1.54, 1.807) is 0 Å². The number of nitrogens with one attached hydrogen (secondary N) is 1. The van der Waals surface area contributed by atoms with E-state index in [0.29, 0.717) is 13.0 Å². The van der Waals surface area contributed by atoms with E-state index in [4.69, 9.17) is 0 Å². The Hall–Kier alpha value is -0.250. The van der Waals surface area contributed by atoms with Crippen LogP contribution in [0.1, 0.15) is 84.5 Å². The third-order valence-electron chi connectivity index (χ3n) is 3.57. The van der Waals surface area contributed by atoms with Crippen LogP contribution in [0.3, 0.4) is 0 Å². The second-order valence-electron chi connectivity index (χ2n) is 5.73. The summed E-state index contributed by atoms with van der Waals surface area (Å²) in [5, 5.41) is 3.02.